The fraction of sp³-hybridized carbons (Fsp3) is 0.125. The van der Waals surface area contributed by atoms with E-state index in [9.17, 15) is 14.0 Å². The lowest BCUT2D eigenvalue weighted by atomic mass is 10.2. The maximum atomic E-state index is 13.1. The van der Waals surface area contributed by atoms with Gasteiger partial charge >= 0.3 is 0 Å². The molecular weight excluding hydrogens is 351 g/mol. The first kappa shape index (κ1) is 16.2. The monoisotopic (exact) mass is 364 g/mol. The summed E-state index contributed by atoms with van der Waals surface area (Å²) in [6, 6.07) is 12.6. The van der Waals surface area contributed by atoms with E-state index in [4.69, 9.17) is 0 Å². The lowest BCUT2D eigenvalue weighted by molar-refractivity contribution is -0.120. The molecule has 2 aromatic rings. The third kappa shape index (κ3) is 4.39. The third-order valence-corrected chi connectivity index (χ3v) is 3.46. The van der Waals surface area contributed by atoms with Gasteiger partial charge in [0.15, 0.2) is 0 Å². The number of nitrogens with zero attached hydrogens (tertiary/aromatic N) is 1. The summed E-state index contributed by atoms with van der Waals surface area (Å²) in [6.07, 6.45) is 0. The van der Waals surface area contributed by atoms with Crippen molar-refractivity contribution in [1.82, 2.24) is 0 Å². The molecule has 6 heteroatoms. The van der Waals surface area contributed by atoms with E-state index < -0.39 is 11.7 Å². The Morgan fingerprint density at radius 3 is 2.45 bits per heavy atom. The molecule has 114 valence electrons. The van der Waals surface area contributed by atoms with Gasteiger partial charge in [-0.25, -0.2) is 4.39 Å². The maximum absolute atomic E-state index is 13.1. The number of hydrogen-bond acceptors (Lipinski definition) is 2. The van der Waals surface area contributed by atoms with Crippen LogP contribution in [0.15, 0.2) is 53.0 Å². The van der Waals surface area contributed by atoms with Crippen molar-refractivity contribution < 1.29 is 14.0 Å². The van der Waals surface area contributed by atoms with Crippen LogP contribution < -0.4 is 10.2 Å². The number of amides is 2. The van der Waals surface area contributed by atoms with Crippen molar-refractivity contribution in [3.8, 4) is 0 Å². The molecule has 0 heterocycles. The predicted octanol–water partition coefficient (Wildman–Crippen LogP) is 3.58. The first-order valence-electron chi connectivity index (χ1n) is 6.55. The molecule has 0 bridgehead atoms. The molecule has 0 aliphatic carbocycles. The summed E-state index contributed by atoms with van der Waals surface area (Å²) in [7, 11) is 0. The number of anilines is 2. The molecule has 2 rings (SSSR count). The number of benzene rings is 2. The minimum atomic E-state index is -0.436. The zero-order valence-corrected chi connectivity index (χ0v) is 13.4. The molecule has 0 saturated heterocycles. The highest BCUT2D eigenvalue weighted by molar-refractivity contribution is 9.10. The van der Waals surface area contributed by atoms with E-state index in [2.05, 4.69) is 21.2 Å². The number of halogens is 2. The molecule has 0 spiro atoms. The molecule has 1 N–H and O–H groups in total. The van der Waals surface area contributed by atoms with E-state index in [0.717, 1.165) is 4.47 Å². The van der Waals surface area contributed by atoms with Crippen molar-refractivity contribution in [2.75, 3.05) is 16.8 Å². The lowest BCUT2D eigenvalue weighted by Gasteiger charge is -2.20. The SMILES string of the molecule is CC(=O)N(CC(=O)Nc1cccc(F)c1)c1ccc(Br)cc1. The van der Waals surface area contributed by atoms with Crippen molar-refractivity contribution in [3.05, 3.63) is 58.8 Å². The number of hydrogen-bond donors (Lipinski definition) is 1. The second kappa shape index (κ2) is 7.17. The average molecular weight is 365 g/mol. The maximum Gasteiger partial charge on any atom is 0.244 e. The van der Waals surface area contributed by atoms with Crippen LogP contribution in [0, 0.1) is 5.82 Å². The summed E-state index contributed by atoms with van der Waals surface area (Å²) in [5, 5.41) is 2.57. The summed E-state index contributed by atoms with van der Waals surface area (Å²) >= 11 is 3.32. The van der Waals surface area contributed by atoms with Crippen LogP contribution in [0.4, 0.5) is 15.8 Å². The van der Waals surface area contributed by atoms with E-state index in [-0.39, 0.29) is 12.5 Å². The molecular formula is C16H14BrFN2O2. The summed E-state index contributed by atoms with van der Waals surface area (Å²) in [6.45, 7) is 1.24. The highest BCUT2D eigenvalue weighted by Crippen LogP contribution is 2.19. The van der Waals surface area contributed by atoms with Gasteiger partial charge in [0.25, 0.3) is 0 Å². The van der Waals surface area contributed by atoms with E-state index in [1.165, 1.54) is 30.0 Å². The van der Waals surface area contributed by atoms with Crippen molar-refractivity contribution in [2.24, 2.45) is 0 Å². The molecule has 2 aromatic carbocycles. The number of carbonyl (C=O) groups excluding carboxylic acids is 2. The van der Waals surface area contributed by atoms with Crippen LogP contribution in [0.2, 0.25) is 0 Å². The molecule has 22 heavy (non-hydrogen) atoms. The van der Waals surface area contributed by atoms with Gasteiger partial charge in [-0.1, -0.05) is 22.0 Å². The van der Waals surface area contributed by atoms with E-state index in [1.807, 2.05) is 0 Å². The standard InChI is InChI=1S/C16H14BrFN2O2/c1-11(21)20(15-7-5-12(17)6-8-15)10-16(22)19-14-4-2-3-13(18)9-14/h2-9H,10H2,1H3,(H,19,22). The molecule has 0 aliphatic heterocycles. The number of carbonyl (C=O) groups is 2. The molecule has 0 unspecified atom stereocenters. The van der Waals surface area contributed by atoms with E-state index >= 15 is 0 Å². The van der Waals surface area contributed by atoms with Crippen LogP contribution in [-0.4, -0.2) is 18.4 Å². The second-order valence-electron chi connectivity index (χ2n) is 4.64. The Kier molecular flexibility index (Phi) is 5.27. The van der Waals surface area contributed by atoms with E-state index in [1.54, 1.807) is 30.3 Å². The highest BCUT2D eigenvalue weighted by atomic mass is 79.9. The number of rotatable bonds is 4. The second-order valence-corrected chi connectivity index (χ2v) is 5.56. The van der Waals surface area contributed by atoms with Crippen molar-refractivity contribution in [3.63, 3.8) is 0 Å². The van der Waals surface area contributed by atoms with Crippen molar-refractivity contribution >= 4 is 39.1 Å². The fourth-order valence-electron chi connectivity index (χ4n) is 1.92. The molecule has 0 saturated carbocycles. The van der Waals surface area contributed by atoms with Gasteiger partial charge in [0.2, 0.25) is 11.8 Å². The smallest absolute Gasteiger partial charge is 0.244 e. The van der Waals surface area contributed by atoms with E-state index in [0.29, 0.717) is 11.4 Å². The molecule has 0 fully saturated rings. The Hall–Kier alpha value is -2.21. The molecule has 0 aromatic heterocycles. The van der Waals surface area contributed by atoms with Crippen molar-refractivity contribution in [2.45, 2.75) is 6.92 Å². The molecule has 2 amide bonds. The zero-order valence-electron chi connectivity index (χ0n) is 11.8. The normalized spacial score (nSPS) is 10.1. The van der Waals surface area contributed by atoms with Gasteiger partial charge in [-0.05, 0) is 42.5 Å². The largest absolute Gasteiger partial charge is 0.324 e. The summed E-state index contributed by atoms with van der Waals surface area (Å²) in [4.78, 5) is 25.1. The predicted molar refractivity (Wildman–Crippen MR) is 87.2 cm³/mol. The Morgan fingerprint density at radius 1 is 1.18 bits per heavy atom. The lowest BCUT2D eigenvalue weighted by Crippen LogP contribution is -2.36. The first-order valence-corrected chi connectivity index (χ1v) is 7.34. The van der Waals surface area contributed by atoms with Crippen LogP contribution in [0.3, 0.4) is 0 Å². The molecule has 0 aliphatic rings. The fourth-order valence-corrected chi connectivity index (χ4v) is 2.18. The Bertz CT molecular complexity index is 689. The minimum Gasteiger partial charge on any atom is -0.324 e. The molecule has 4 nitrogen and oxygen atoms in total. The third-order valence-electron chi connectivity index (χ3n) is 2.93. The van der Waals surface area contributed by atoms with Crippen LogP contribution in [0.25, 0.3) is 0 Å². The van der Waals surface area contributed by atoms with Crippen LogP contribution >= 0.6 is 15.9 Å². The number of nitrogens with one attached hydrogen (secondary N) is 1. The van der Waals surface area contributed by atoms with Gasteiger partial charge in [0.05, 0.1) is 0 Å². The summed E-state index contributed by atoms with van der Waals surface area (Å²) < 4.78 is 14.0. The van der Waals surface area contributed by atoms with Gasteiger partial charge in [-0.15, -0.1) is 0 Å². The molecule has 0 atom stereocenters. The Morgan fingerprint density at radius 2 is 1.86 bits per heavy atom. The summed E-state index contributed by atoms with van der Waals surface area (Å²) in [5.74, 6) is -1.09. The van der Waals surface area contributed by atoms with Gasteiger partial charge in [0, 0.05) is 22.8 Å². The topological polar surface area (TPSA) is 49.4 Å². The van der Waals surface area contributed by atoms with Gasteiger partial charge in [-0.2, -0.15) is 0 Å². The summed E-state index contributed by atoms with van der Waals surface area (Å²) in [5.41, 5.74) is 0.967. The van der Waals surface area contributed by atoms with Crippen LogP contribution in [0.5, 0.6) is 0 Å². The zero-order chi connectivity index (χ0) is 16.1. The van der Waals surface area contributed by atoms with Crippen molar-refractivity contribution in [1.29, 1.82) is 0 Å². The van der Waals surface area contributed by atoms with Gasteiger partial charge in [0.1, 0.15) is 12.4 Å². The minimum absolute atomic E-state index is 0.145. The highest BCUT2D eigenvalue weighted by Gasteiger charge is 2.16. The van der Waals surface area contributed by atoms with Crippen LogP contribution in [0.1, 0.15) is 6.92 Å². The van der Waals surface area contributed by atoms with Gasteiger partial charge in [-0.3, -0.25) is 9.59 Å². The quantitative estimate of drug-likeness (QED) is 0.901. The Balaban J connectivity index is 2.09. The Labute approximate surface area is 136 Å². The van der Waals surface area contributed by atoms with Gasteiger partial charge < -0.3 is 10.2 Å². The first-order chi connectivity index (χ1) is 10.5. The molecule has 0 radical (unpaired) electrons. The van der Waals surface area contributed by atoms with Crippen LogP contribution in [-0.2, 0) is 9.59 Å². The average Bonchev–Trinajstić information content (AvgIpc) is 2.45.